The number of hydrogen-bond donors (Lipinski definition) is 1. The zero-order valence-corrected chi connectivity index (χ0v) is 13.1. The highest BCUT2D eigenvalue weighted by Gasteiger charge is 2.26. The Kier molecular flexibility index (Phi) is 4.46. The molecular formula is C15H20N2O4S. The van der Waals surface area contributed by atoms with Crippen LogP contribution in [0.2, 0.25) is 0 Å². The first-order valence-electron chi connectivity index (χ1n) is 7.53. The first-order chi connectivity index (χ1) is 10.6. The zero-order valence-electron chi connectivity index (χ0n) is 12.3. The number of sulfonamides is 1. The predicted molar refractivity (Wildman–Crippen MR) is 81.1 cm³/mol. The van der Waals surface area contributed by atoms with Gasteiger partial charge in [-0.1, -0.05) is 0 Å². The van der Waals surface area contributed by atoms with E-state index in [1.807, 2.05) is 0 Å². The Bertz CT molecular complexity index is 632. The van der Waals surface area contributed by atoms with Crippen LogP contribution in [0.3, 0.4) is 0 Å². The molecule has 1 saturated carbocycles. The molecule has 0 atom stereocenters. The Balaban J connectivity index is 1.68. The summed E-state index contributed by atoms with van der Waals surface area (Å²) < 4.78 is 31.5. The van der Waals surface area contributed by atoms with Gasteiger partial charge in [0, 0.05) is 25.2 Å². The molecule has 0 aromatic heterocycles. The van der Waals surface area contributed by atoms with E-state index >= 15 is 0 Å². The zero-order chi connectivity index (χ0) is 15.6. The van der Waals surface area contributed by atoms with Crippen molar-refractivity contribution in [3.05, 3.63) is 29.8 Å². The van der Waals surface area contributed by atoms with E-state index < -0.39 is 10.0 Å². The lowest BCUT2D eigenvalue weighted by Gasteiger charge is -2.26. The molecule has 1 saturated heterocycles. The summed E-state index contributed by atoms with van der Waals surface area (Å²) in [6.45, 7) is 2.27. The number of rotatable bonds is 5. The van der Waals surface area contributed by atoms with Gasteiger partial charge >= 0.3 is 0 Å². The SMILES string of the molecule is O=C(NCC1CC1)c1ccc(S(=O)(=O)N2CCOCC2)cc1. The number of carbonyl (C=O) groups excluding carboxylic acids is 1. The van der Waals surface area contributed by atoms with Gasteiger partial charge in [-0.05, 0) is 43.0 Å². The second-order valence-corrected chi connectivity index (χ2v) is 7.63. The molecule has 1 heterocycles. The molecule has 1 aliphatic heterocycles. The molecule has 0 radical (unpaired) electrons. The Labute approximate surface area is 130 Å². The number of hydrogen-bond acceptors (Lipinski definition) is 4. The Morgan fingerprint density at radius 3 is 2.41 bits per heavy atom. The van der Waals surface area contributed by atoms with Gasteiger partial charge in [-0.25, -0.2) is 8.42 Å². The predicted octanol–water partition coefficient (Wildman–Crippen LogP) is 0.847. The topological polar surface area (TPSA) is 75.7 Å². The van der Waals surface area contributed by atoms with Crippen LogP contribution in [0.25, 0.3) is 0 Å². The van der Waals surface area contributed by atoms with E-state index in [9.17, 15) is 13.2 Å². The molecule has 1 aromatic carbocycles. The van der Waals surface area contributed by atoms with Crippen LogP contribution in [-0.2, 0) is 14.8 Å². The molecule has 0 bridgehead atoms. The van der Waals surface area contributed by atoms with Crippen molar-refractivity contribution in [3.8, 4) is 0 Å². The molecule has 22 heavy (non-hydrogen) atoms. The third-order valence-electron chi connectivity index (χ3n) is 3.97. The van der Waals surface area contributed by atoms with E-state index in [0.717, 1.165) is 0 Å². The molecule has 120 valence electrons. The first kappa shape index (κ1) is 15.5. The van der Waals surface area contributed by atoms with Crippen molar-refractivity contribution in [1.82, 2.24) is 9.62 Å². The maximum absolute atomic E-state index is 12.5. The van der Waals surface area contributed by atoms with Crippen LogP contribution >= 0.6 is 0 Å². The van der Waals surface area contributed by atoms with Crippen molar-refractivity contribution in [1.29, 1.82) is 0 Å². The van der Waals surface area contributed by atoms with Crippen LogP contribution in [0.1, 0.15) is 23.2 Å². The van der Waals surface area contributed by atoms with E-state index in [-0.39, 0.29) is 10.8 Å². The normalized spacial score (nSPS) is 19.8. The molecule has 1 aromatic rings. The minimum absolute atomic E-state index is 0.151. The molecule has 1 aliphatic carbocycles. The van der Waals surface area contributed by atoms with Gasteiger partial charge in [-0.2, -0.15) is 4.31 Å². The molecule has 0 unspecified atom stereocenters. The van der Waals surface area contributed by atoms with Gasteiger partial charge in [0.1, 0.15) is 0 Å². The molecule has 6 nitrogen and oxygen atoms in total. The molecular weight excluding hydrogens is 304 g/mol. The fourth-order valence-corrected chi connectivity index (χ4v) is 3.78. The van der Waals surface area contributed by atoms with Crippen LogP contribution in [0, 0.1) is 5.92 Å². The monoisotopic (exact) mass is 324 g/mol. The molecule has 0 spiro atoms. The number of carbonyl (C=O) groups is 1. The summed E-state index contributed by atoms with van der Waals surface area (Å²) in [5.74, 6) is 0.465. The van der Waals surface area contributed by atoms with Crippen molar-refractivity contribution < 1.29 is 17.9 Å². The maximum Gasteiger partial charge on any atom is 0.251 e. The minimum Gasteiger partial charge on any atom is -0.379 e. The Morgan fingerprint density at radius 2 is 1.82 bits per heavy atom. The van der Waals surface area contributed by atoms with Gasteiger partial charge in [0.25, 0.3) is 5.91 Å². The highest BCUT2D eigenvalue weighted by molar-refractivity contribution is 7.89. The quantitative estimate of drug-likeness (QED) is 0.871. The van der Waals surface area contributed by atoms with Crippen molar-refractivity contribution >= 4 is 15.9 Å². The first-order valence-corrected chi connectivity index (χ1v) is 8.97. The summed E-state index contributed by atoms with van der Waals surface area (Å²) in [6, 6.07) is 6.12. The molecule has 1 N–H and O–H groups in total. The third-order valence-corrected chi connectivity index (χ3v) is 5.89. The number of nitrogens with one attached hydrogen (secondary N) is 1. The fraction of sp³-hybridized carbons (Fsp3) is 0.533. The summed E-state index contributed by atoms with van der Waals surface area (Å²) in [6.07, 6.45) is 2.36. The van der Waals surface area contributed by atoms with E-state index in [0.29, 0.717) is 44.3 Å². The number of benzene rings is 1. The molecule has 7 heteroatoms. The highest BCUT2D eigenvalue weighted by atomic mass is 32.2. The number of amides is 1. The van der Waals surface area contributed by atoms with Crippen molar-refractivity contribution in [2.45, 2.75) is 17.7 Å². The van der Waals surface area contributed by atoms with Crippen LogP contribution < -0.4 is 5.32 Å². The smallest absolute Gasteiger partial charge is 0.251 e. The lowest BCUT2D eigenvalue weighted by Crippen LogP contribution is -2.40. The van der Waals surface area contributed by atoms with E-state index in [2.05, 4.69) is 5.32 Å². The van der Waals surface area contributed by atoms with E-state index in [4.69, 9.17) is 4.74 Å². The van der Waals surface area contributed by atoms with Crippen molar-refractivity contribution in [2.24, 2.45) is 5.92 Å². The summed E-state index contributed by atoms with van der Waals surface area (Å²) in [7, 11) is -3.50. The van der Waals surface area contributed by atoms with Gasteiger partial charge in [0.05, 0.1) is 18.1 Å². The largest absolute Gasteiger partial charge is 0.379 e. The van der Waals surface area contributed by atoms with Crippen LogP contribution in [0.15, 0.2) is 29.2 Å². The van der Waals surface area contributed by atoms with Gasteiger partial charge < -0.3 is 10.1 Å². The number of ether oxygens (including phenoxy) is 1. The number of nitrogens with zero attached hydrogens (tertiary/aromatic N) is 1. The minimum atomic E-state index is -3.50. The average molecular weight is 324 g/mol. The Hall–Kier alpha value is -1.44. The maximum atomic E-state index is 12.5. The molecule has 1 amide bonds. The lowest BCUT2D eigenvalue weighted by atomic mass is 10.2. The summed E-state index contributed by atoms with van der Waals surface area (Å²) in [5, 5.41) is 2.87. The van der Waals surface area contributed by atoms with Gasteiger partial charge in [0.15, 0.2) is 0 Å². The molecule has 2 fully saturated rings. The van der Waals surface area contributed by atoms with Crippen molar-refractivity contribution in [3.63, 3.8) is 0 Å². The average Bonchev–Trinajstić information content (AvgIpc) is 3.38. The van der Waals surface area contributed by atoms with Crippen LogP contribution in [0.4, 0.5) is 0 Å². The van der Waals surface area contributed by atoms with Gasteiger partial charge in [0.2, 0.25) is 10.0 Å². The van der Waals surface area contributed by atoms with E-state index in [1.165, 1.54) is 29.3 Å². The molecule has 3 rings (SSSR count). The lowest BCUT2D eigenvalue weighted by molar-refractivity contribution is 0.0730. The van der Waals surface area contributed by atoms with Crippen LogP contribution in [-0.4, -0.2) is 51.5 Å². The summed E-state index contributed by atoms with van der Waals surface area (Å²) in [5.41, 5.74) is 0.488. The second-order valence-electron chi connectivity index (χ2n) is 5.69. The standard InChI is InChI=1S/C15H20N2O4S/c18-15(16-11-12-1-2-12)13-3-5-14(6-4-13)22(19,20)17-7-9-21-10-8-17/h3-6,12H,1-2,7-11H2,(H,16,18). The van der Waals surface area contributed by atoms with Gasteiger partial charge in [-0.15, -0.1) is 0 Å². The van der Waals surface area contributed by atoms with E-state index in [1.54, 1.807) is 12.1 Å². The third kappa shape index (κ3) is 3.48. The van der Waals surface area contributed by atoms with Crippen molar-refractivity contribution in [2.75, 3.05) is 32.8 Å². The summed E-state index contributed by atoms with van der Waals surface area (Å²) >= 11 is 0. The summed E-state index contributed by atoms with van der Waals surface area (Å²) in [4.78, 5) is 12.2. The Morgan fingerprint density at radius 1 is 1.18 bits per heavy atom. The number of morpholine rings is 1. The fourth-order valence-electron chi connectivity index (χ4n) is 2.38. The second kappa shape index (κ2) is 6.36. The molecule has 2 aliphatic rings. The van der Waals surface area contributed by atoms with Crippen LogP contribution in [0.5, 0.6) is 0 Å². The van der Waals surface area contributed by atoms with Gasteiger partial charge in [-0.3, -0.25) is 4.79 Å². The highest BCUT2D eigenvalue weighted by Crippen LogP contribution is 2.27.